The highest BCUT2D eigenvalue weighted by atomic mass is 35.5. The van der Waals surface area contributed by atoms with E-state index in [2.05, 4.69) is 0 Å². The Bertz CT molecular complexity index is 776. The molecule has 0 unspecified atom stereocenters. The van der Waals surface area contributed by atoms with Crippen LogP contribution in [0.25, 0.3) is 0 Å². The summed E-state index contributed by atoms with van der Waals surface area (Å²) in [4.78, 5) is 0.277. The van der Waals surface area contributed by atoms with Crippen LogP contribution < -0.4 is 9.47 Å². The van der Waals surface area contributed by atoms with Crippen LogP contribution in [-0.4, -0.2) is 45.9 Å². The number of benzene rings is 2. The molecule has 0 saturated heterocycles. The topological polar surface area (TPSA) is 55.8 Å². The second-order valence-corrected chi connectivity index (χ2v) is 8.21. The number of halogens is 1. The van der Waals surface area contributed by atoms with Gasteiger partial charge in [0.05, 0.1) is 12.0 Å². The summed E-state index contributed by atoms with van der Waals surface area (Å²) in [7, 11) is -0.387. The lowest BCUT2D eigenvalue weighted by molar-refractivity contribution is 0.286. The third-order valence-electron chi connectivity index (χ3n) is 3.96. The molecule has 5 nitrogen and oxygen atoms in total. The van der Waals surface area contributed by atoms with Gasteiger partial charge in [0.2, 0.25) is 10.0 Å². The fourth-order valence-electron chi connectivity index (χ4n) is 2.36. The average molecular weight is 398 g/mol. The van der Waals surface area contributed by atoms with Crippen molar-refractivity contribution in [1.29, 1.82) is 0 Å². The minimum Gasteiger partial charge on any atom is -0.497 e. The van der Waals surface area contributed by atoms with E-state index in [-0.39, 0.29) is 18.0 Å². The highest BCUT2D eigenvalue weighted by molar-refractivity contribution is 7.89. The highest BCUT2D eigenvalue weighted by Gasteiger charge is 2.20. The van der Waals surface area contributed by atoms with E-state index in [9.17, 15) is 8.42 Å². The Morgan fingerprint density at radius 1 is 1.00 bits per heavy atom. The molecule has 2 aromatic rings. The first-order valence-electron chi connectivity index (χ1n) is 8.35. The van der Waals surface area contributed by atoms with Crippen LogP contribution in [0.5, 0.6) is 11.5 Å². The lowest BCUT2D eigenvalue weighted by Crippen LogP contribution is -2.31. The van der Waals surface area contributed by atoms with Gasteiger partial charge in [0.15, 0.2) is 0 Å². The first-order chi connectivity index (χ1) is 12.5. The largest absolute Gasteiger partial charge is 0.497 e. The molecule has 142 valence electrons. The normalized spacial score (nSPS) is 11.5. The number of alkyl halides is 1. The van der Waals surface area contributed by atoms with E-state index in [1.54, 1.807) is 50.6 Å². The molecule has 2 aromatic carbocycles. The predicted octanol–water partition coefficient (Wildman–Crippen LogP) is 3.57. The molecule has 7 heteroatoms. The highest BCUT2D eigenvalue weighted by Crippen LogP contribution is 2.18. The number of rotatable bonds is 10. The quantitative estimate of drug-likeness (QED) is 0.575. The molecule has 0 aliphatic carbocycles. The standard InChI is InChI=1S/C19H24ClNO4S/c1-21(14-15-25-18-9-7-17(24-2)8-10-18)26(22,23)19-11-5-16(6-12-19)4-3-13-20/h5-12H,3-4,13-15H2,1-2H3. The number of hydrogen-bond donors (Lipinski definition) is 0. The van der Waals surface area contributed by atoms with Gasteiger partial charge in [0.1, 0.15) is 18.1 Å². The van der Waals surface area contributed by atoms with E-state index in [1.165, 1.54) is 4.31 Å². The molecule has 0 N–H and O–H groups in total. The molecule has 0 radical (unpaired) electrons. The number of aryl methyl sites for hydroxylation is 1. The van der Waals surface area contributed by atoms with Crippen molar-refractivity contribution in [2.45, 2.75) is 17.7 Å². The van der Waals surface area contributed by atoms with Gasteiger partial charge in [-0.3, -0.25) is 0 Å². The summed E-state index contributed by atoms with van der Waals surface area (Å²) in [5.41, 5.74) is 1.08. The van der Waals surface area contributed by atoms with Crippen molar-refractivity contribution >= 4 is 21.6 Å². The third-order valence-corrected chi connectivity index (χ3v) is 6.10. The Morgan fingerprint density at radius 2 is 1.62 bits per heavy atom. The zero-order valence-electron chi connectivity index (χ0n) is 15.0. The van der Waals surface area contributed by atoms with E-state index < -0.39 is 10.0 Å². The van der Waals surface area contributed by atoms with Crippen molar-refractivity contribution < 1.29 is 17.9 Å². The predicted molar refractivity (Wildman–Crippen MR) is 104 cm³/mol. The second-order valence-electron chi connectivity index (χ2n) is 5.79. The van der Waals surface area contributed by atoms with Crippen LogP contribution in [0.1, 0.15) is 12.0 Å². The summed E-state index contributed by atoms with van der Waals surface area (Å²) in [5.74, 6) is 2.00. The van der Waals surface area contributed by atoms with Gasteiger partial charge in [-0.05, 0) is 54.8 Å². The lowest BCUT2D eigenvalue weighted by Gasteiger charge is -2.18. The molecule has 0 atom stereocenters. The molecule has 0 spiro atoms. The Kier molecular flexibility index (Phi) is 7.75. The summed E-state index contributed by atoms with van der Waals surface area (Å²) >= 11 is 5.68. The SMILES string of the molecule is COc1ccc(OCCN(C)S(=O)(=O)c2ccc(CCCCl)cc2)cc1. The number of hydrogen-bond acceptors (Lipinski definition) is 4. The molecule has 0 aromatic heterocycles. The first kappa shape index (κ1) is 20.6. The van der Waals surface area contributed by atoms with Crippen molar-refractivity contribution in [3.63, 3.8) is 0 Å². The summed E-state index contributed by atoms with van der Waals surface area (Å²) in [6, 6.07) is 14.1. The average Bonchev–Trinajstić information content (AvgIpc) is 2.67. The fourth-order valence-corrected chi connectivity index (χ4v) is 3.65. The second kappa shape index (κ2) is 9.80. The van der Waals surface area contributed by atoms with Gasteiger partial charge >= 0.3 is 0 Å². The molecular formula is C19H24ClNO4S. The van der Waals surface area contributed by atoms with E-state index >= 15 is 0 Å². The molecule has 0 fully saturated rings. The van der Waals surface area contributed by atoms with Crippen LogP contribution in [0.4, 0.5) is 0 Å². The number of likely N-dealkylation sites (N-methyl/N-ethyl adjacent to an activating group) is 1. The Hall–Kier alpha value is -1.76. The summed E-state index contributed by atoms with van der Waals surface area (Å²) in [6.45, 7) is 0.512. The van der Waals surface area contributed by atoms with Gasteiger partial charge < -0.3 is 9.47 Å². The summed E-state index contributed by atoms with van der Waals surface area (Å²) in [6.07, 6.45) is 1.71. The lowest BCUT2D eigenvalue weighted by atomic mass is 10.1. The smallest absolute Gasteiger partial charge is 0.242 e. The molecule has 0 heterocycles. The molecular weight excluding hydrogens is 374 g/mol. The van der Waals surface area contributed by atoms with Crippen molar-refractivity contribution in [3.8, 4) is 11.5 Å². The molecule has 0 aliphatic heterocycles. The van der Waals surface area contributed by atoms with E-state index in [0.717, 1.165) is 24.2 Å². The maximum Gasteiger partial charge on any atom is 0.242 e. The molecule has 0 amide bonds. The molecule has 0 bridgehead atoms. The number of nitrogens with zero attached hydrogens (tertiary/aromatic N) is 1. The zero-order chi connectivity index (χ0) is 19.0. The Morgan fingerprint density at radius 3 is 2.19 bits per heavy atom. The van der Waals surface area contributed by atoms with E-state index in [0.29, 0.717) is 11.6 Å². The van der Waals surface area contributed by atoms with Gasteiger partial charge in [-0.1, -0.05) is 12.1 Å². The van der Waals surface area contributed by atoms with Crippen molar-refractivity contribution in [3.05, 3.63) is 54.1 Å². The van der Waals surface area contributed by atoms with Gasteiger partial charge in [0, 0.05) is 19.5 Å². The molecule has 0 saturated carbocycles. The van der Waals surface area contributed by atoms with Crippen LogP contribution in [0.3, 0.4) is 0 Å². The number of ether oxygens (including phenoxy) is 2. The van der Waals surface area contributed by atoms with Gasteiger partial charge in [-0.2, -0.15) is 4.31 Å². The Labute approximate surface area is 160 Å². The van der Waals surface area contributed by atoms with E-state index in [1.807, 2.05) is 12.1 Å². The zero-order valence-corrected chi connectivity index (χ0v) is 16.6. The minimum absolute atomic E-state index is 0.252. The minimum atomic E-state index is -3.53. The van der Waals surface area contributed by atoms with Crippen molar-refractivity contribution in [2.75, 3.05) is 33.2 Å². The van der Waals surface area contributed by atoms with Gasteiger partial charge in [-0.25, -0.2) is 8.42 Å². The fraction of sp³-hybridized carbons (Fsp3) is 0.368. The van der Waals surface area contributed by atoms with Crippen LogP contribution in [-0.2, 0) is 16.4 Å². The van der Waals surface area contributed by atoms with Gasteiger partial charge in [0.25, 0.3) is 0 Å². The van der Waals surface area contributed by atoms with Crippen LogP contribution in [0, 0.1) is 0 Å². The molecule has 0 aliphatic rings. The number of methoxy groups -OCH3 is 1. The monoisotopic (exact) mass is 397 g/mol. The van der Waals surface area contributed by atoms with Crippen LogP contribution in [0.2, 0.25) is 0 Å². The maximum atomic E-state index is 12.6. The third kappa shape index (κ3) is 5.62. The van der Waals surface area contributed by atoms with Crippen LogP contribution >= 0.6 is 11.6 Å². The number of sulfonamides is 1. The van der Waals surface area contributed by atoms with Gasteiger partial charge in [-0.15, -0.1) is 11.6 Å². The summed E-state index contributed by atoms with van der Waals surface area (Å²) < 4.78 is 37.2. The maximum absolute atomic E-state index is 12.6. The first-order valence-corrected chi connectivity index (χ1v) is 10.3. The molecule has 26 heavy (non-hydrogen) atoms. The van der Waals surface area contributed by atoms with E-state index in [4.69, 9.17) is 21.1 Å². The Balaban J connectivity index is 1.91. The van der Waals surface area contributed by atoms with Crippen molar-refractivity contribution in [1.82, 2.24) is 4.31 Å². The summed E-state index contributed by atoms with van der Waals surface area (Å²) in [5, 5.41) is 0. The van der Waals surface area contributed by atoms with Crippen LogP contribution in [0.15, 0.2) is 53.4 Å². The molecule has 2 rings (SSSR count). The van der Waals surface area contributed by atoms with Crippen molar-refractivity contribution in [2.24, 2.45) is 0 Å².